The molecule has 214 valence electrons. The number of nitrogens with zero attached hydrogens (tertiary/aromatic N) is 2. The van der Waals surface area contributed by atoms with Gasteiger partial charge in [-0.15, -0.1) is 0 Å². The van der Waals surface area contributed by atoms with Crippen molar-refractivity contribution in [3.63, 3.8) is 0 Å². The topological polar surface area (TPSA) is 86.8 Å². The molecule has 0 bridgehead atoms. The second-order valence-electron chi connectivity index (χ2n) is 10.6. The minimum absolute atomic E-state index is 0.0827. The zero-order chi connectivity index (χ0) is 29.3. The van der Waals surface area contributed by atoms with Crippen LogP contribution in [0.5, 0.6) is 0 Å². The first-order valence-electron chi connectivity index (χ1n) is 13.7. The number of hydrogen-bond donors (Lipinski definition) is 1. The summed E-state index contributed by atoms with van der Waals surface area (Å²) in [5.41, 5.74) is 4.52. The average molecular weight is 564 g/mol. The van der Waals surface area contributed by atoms with Crippen molar-refractivity contribution in [1.29, 1.82) is 0 Å². The number of anilines is 1. The fourth-order valence-electron chi connectivity index (χ4n) is 4.60. The lowest BCUT2D eigenvalue weighted by Gasteiger charge is -2.32. The van der Waals surface area contributed by atoms with E-state index >= 15 is 0 Å². The highest BCUT2D eigenvalue weighted by Crippen LogP contribution is 2.23. The molecule has 0 saturated carbocycles. The van der Waals surface area contributed by atoms with Gasteiger partial charge in [-0.05, 0) is 68.5 Å². The van der Waals surface area contributed by atoms with E-state index in [4.69, 9.17) is 0 Å². The maximum Gasteiger partial charge on any atom is 0.243 e. The van der Waals surface area contributed by atoms with E-state index in [1.807, 2.05) is 100 Å². The molecule has 2 amide bonds. The highest BCUT2D eigenvalue weighted by molar-refractivity contribution is 7.92. The van der Waals surface area contributed by atoms with Gasteiger partial charge >= 0.3 is 0 Å². The van der Waals surface area contributed by atoms with E-state index in [2.05, 4.69) is 5.32 Å². The Hall–Kier alpha value is -3.65. The van der Waals surface area contributed by atoms with Gasteiger partial charge < -0.3 is 10.2 Å². The lowest BCUT2D eigenvalue weighted by molar-refractivity contribution is -0.141. The first-order valence-corrected chi connectivity index (χ1v) is 15.5. The molecule has 0 radical (unpaired) electrons. The second kappa shape index (κ2) is 14.1. The van der Waals surface area contributed by atoms with Gasteiger partial charge in [0, 0.05) is 32.0 Å². The summed E-state index contributed by atoms with van der Waals surface area (Å²) in [6.07, 6.45) is 1.96. The largest absolute Gasteiger partial charge is 0.352 e. The number of nitrogens with one attached hydrogen (secondary N) is 1. The highest BCUT2D eigenvalue weighted by Gasteiger charge is 2.31. The Morgan fingerprint density at radius 2 is 1.45 bits per heavy atom. The molecule has 40 heavy (non-hydrogen) atoms. The molecule has 0 saturated heterocycles. The van der Waals surface area contributed by atoms with Gasteiger partial charge in [0.2, 0.25) is 21.8 Å². The number of sulfonamides is 1. The van der Waals surface area contributed by atoms with Crippen molar-refractivity contribution in [3.8, 4) is 0 Å². The van der Waals surface area contributed by atoms with E-state index in [1.165, 1.54) is 10.6 Å². The van der Waals surface area contributed by atoms with Crippen LogP contribution in [0.25, 0.3) is 0 Å². The molecule has 0 unspecified atom stereocenters. The molecule has 0 aromatic heterocycles. The van der Waals surface area contributed by atoms with Crippen LogP contribution in [0.3, 0.4) is 0 Å². The zero-order valence-electron chi connectivity index (χ0n) is 24.1. The maximum absolute atomic E-state index is 13.8. The summed E-state index contributed by atoms with van der Waals surface area (Å²) >= 11 is 0. The quantitative estimate of drug-likeness (QED) is 0.317. The molecule has 0 fully saturated rings. The number of hydrogen-bond acceptors (Lipinski definition) is 4. The van der Waals surface area contributed by atoms with Crippen LogP contribution in [-0.4, -0.2) is 50.0 Å². The molecule has 1 atom stereocenters. The predicted molar refractivity (Wildman–Crippen MR) is 162 cm³/mol. The molecule has 7 nitrogen and oxygen atoms in total. The number of carbonyl (C=O) groups excluding carboxylic acids is 2. The first kappa shape index (κ1) is 30.9. The fourth-order valence-corrected chi connectivity index (χ4v) is 5.56. The van der Waals surface area contributed by atoms with Crippen molar-refractivity contribution in [3.05, 3.63) is 101 Å². The number of benzene rings is 3. The maximum atomic E-state index is 13.8. The molecule has 3 aromatic carbocycles. The standard InChI is InChI=1S/C32H41N3O4S/c1-24(2)33-32(37)30(22-27-13-8-6-9-14-27)34(23-28-15-10-7-11-16-28)31(36)17-12-20-35(40(5,38)39)29-19-18-25(3)26(4)21-29/h6-11,13-16,18-19,21,24,30H,12,17,20,22-23H2,1-5H3,(H,33,37)/t30-/m0/s1. The smallest absolute Gasteiger partial charge is 0.243 e. The molecule has 8 heteroatoms. The molecule has 0 spiro atoms. The molecule has 0 aliphatic rings. The molecule has 0 aliphatic carbocycles. The van der Waals surface area contributed by atoms with Gasteiger partial charge in [-0.3, -0.25) is 13.9 Å². The minimum atomic E-state index is -3.55. The van der Waals surface area contributed by atoms with Crippen LogP contribution in [0.15, 0.2) is 78.9 Å². The summed E-state index contributed by atoms with van der Waals surface area (Å²) in [5, 5.41) is 2.99. The number of aryl methyl sites for hydroxylation is 2. The van der Waals surface area contributed by atoms with E-state index in [1.54, 1.807) is 11.0 Å². The first-order chi connectivity index (χ1) is 19.0. The van der Waals surface area contributed by atoms with Crippen LogP contribution in [0, 0.1) is 13.8 Å². The monoisotopic (exact) mass is 563 g/mol. The average Bonchev–Trinajstić information content (AvgIpc) is 2.90. The van der Waals surface area contributed by atoms with Gasteiger partial charge in [-0.1, -0.05) is 66.7 Å². The summed E-state index contributed by atoms with van der Waals surface area (Å²) in [6.45, 7) is 8.15. The summed E-state index contributed by atoms with van der Waals surface area (Å²) in [7, 11) is -3.55. The Bertz CT molecular complexity index is 1380. The summed E-state index contributed by atoms with van der Waals surface area (Å²) in [5.74, 6) is -0.409. The zero-order valence-corrected chi connectivity index (χ0v) is 24.9. The number of amides is 2. The Labute approximate surface area is 239 Å². The fraction of sp³-hybridized carbons (Fsp3) is 0.375. The summed E-state index contributed by atoms with van der Waals surface area (Å²) in [6, 6.07) is 24.0. The normalized spacial score (nSPS) is 12.2. The Morgan fingerprint density at radius 3 is 2.00 bits per heavy atom. The van der Waals surface area contributed by atoms with Crippen molar-refractivity contribution < 1.29 is 18.0 Å². The molecule has 1 N–H and O–H groups in total. The van der Waals surface area contributed by atoms with Crippen LogP contribution in [0.1, 0.15) is 48.9 Å². The van der Waals surface area contributed by atoms with Crippen LogP contribution in [0.2, 0.25) is 0 Å². The molecule has 3 aromatic rings. The predicted octanol–water partition coefficient (Wildman–Crippen LogP) is 5.01. The van der Waals surface area contributed by atoms with E-state index in [0.717, 1.165) is 22.3 Å². The summed E-state index contributed by atoms with van der Waals surface area (Å²) in [4.78, 5) is 28.9. The lowest BCUT2D eigenvalue weighted by Crippen LogP contribution is -2.51. The van der Waals surface area contributed by atoms with Crippen LogP contribution in [0.4, 0.5) is 5.69 Å². The van der Waals surface area contributed by atoms with Crippen molar-refractivity contribution in [2.24, 2.45) is 0 Å². The van der Waals surface area contributed by atoms with E-state index in [0.29, 0.717) is 18.5 Å². The third-order valence-corrected chi connectivity index (χ3v) is 8.02. The third kappa shape index (κ3) is 8.95. The second-order valence-corrected chi connectivity index (χ2v) is 12.5. The van der Waals surface area contributed by atoms with E-state index in [-0.39, 0.29) is 37.4 Å². The number of carbonyl (C=O) groups is 2. The van der Waals surface area contributed by atoms with E-state index < -0.39 is 16.1 Å². The van der Waals surface area contributed by atoms with Gasteiger partial charge in [-0.2, -0.15) is 0 Å². The minimum Gasteiger partial charge on any atom is -0.352 e. The molecular formula is C32H41N3O4S. The van der Waals surface area contributed by atoms with Crippen molar-refractivity contribution in [2.45, 2.75) is 65.6 Å². The van der Waals surface area contributed by atoms with Crippen LogP contribution >= 0.6 is 0 Å². The summed E-state index contributed by atoms with van der Waals surface area (Å²) < 4.78 is 26.7. The van der Waals surface area contributed by atoms with Crippen molar-refractivity contribution in [1.82, 2.24) is 10.2 Å². The van der Waals surface area contributed by atoms with Crippen molar-refractivity contribution >= 4 is 27.5 Å². The molecular weight excluding hydrogens is 522 g/mol. The SMILES string of the molecule is Cc1ccc(N(CCCC(=O)N(Cc2ccccc2)[C@@H](Cc2ccccc2)C(=O)NC(C)C)S(C)(=O)=O)cc1C. The van der Waals surface area contributed by atoms with Gasteiger partial charge in [-0.25, -0.2) is 8.42 Å². The van der Waals surface area contributed by atoms with E-state index in [9.17, 15) is 18.0 Å². The van der Waals surface area contributed by atoms with Gasteiger partial charge in [0.05, 0.1) is 11.9 Å². The highest BCUT2D eigenvalue weighted by atomic mass is 32.2. The Morgan fingerprint density at radius 1 is 0.850 bits per heavy atom. The van der Waals surface area contributed by atoms with Gasteiger partial charge in [0.15, 0.2) is 0 Å². The number of rotatable bonds is 13. The third-order valence-electron chi connectivity index (χ3n) is 6.83. The lowest BCUT2D eigenvalue weighted by atomic mass is 10.0. The van der Waals surface area contributed by atoms with Crippen molar-refractivity contribution in [2.75, 3.05) is 17.1 Å². The Kier molecular flexibility index (Phi) is 10.9. The van der Waals surface area contributed by atoms with Gasteiger partial charge in [0.25, 0.3) is 0 Å². The van der Waals surface area contributed by atoms with Gasteiger partial charge in [0.1, 0.15) is 6.04 Å². The van der Waals surface area contributed by atoms with Crippen LogP contribution < -0.4 is 9.62 Å². The Balaban J connectivity index is 1.86. The molecule has 3 rings (SSSR count). The van der Waals surface area contributed by atoms with Crippen LogP contribution in [-0.2, 0) is 32.6 Å². The molecule has 0 aliphatic heterocycles. The molecule has 0 heterocycles.